The minimum Gasteiger partial charge on any atom is -0.392 e. The molecule has 3 rings (SSSR count). The number of pyridine rings is 1. The monoisotopic (exact) mass is 335 g/mol. The quantitative estimate of drug-likeness (QED) is 0.715. The lowest BCUT2D eigenvalue weighted by atomic mass is 10.1. The van der Waals surface area contributed by atoms with Crippen LogP contribution in [0.1, 0.15) is 29.6 Å². The zero-order valence-electron chi connectivity index (χ0n) is 14.8. The Hall–Kier alpha value is -3.14. The number of fused-ring (bicyclic) bond motifs is 1. The Balaban J connectivity index is 1.95. The first-order valence-electron chi connectivity index (χ1n) is 8.12. The van der Waals surface area contributed by atoms with Gasteiger partial charge in [-0.3, -0.25) is 4.98 Å². The lowest BCUT2D eigenvalue weighted by Crippen LogP contribution is -2.20. The molecule has 3 aromatic heterocycles. The Morgan fingerprint density at radius 1 is 1.28 bits per heavy atom. The number of hydrogen-bond acceptors (Lipinski definition) is 5. The molecule has 3 N–H and O–H groups in total. The van der Waals surface area contributed by atoms with Gasteiger partial charge in [0, 0.05) is 29.4 Å². The summed E-state index contributed by atoms with van der Waals surface area (Å²) in [6.45, 7) is 15.3. The van der Waals surface area contributed by atoms with Gasteiger partial charge in [-0.05, 0) is 39.8 Å². The van der Waals surface area contributed by atoms with E-state index >= 15 is 0 Å². The summed E-state index contributed by atoms with van der Waals surface area (Å²) in [5.74, 6) is 0.794. The van der Waals surface area contributed by atoms with Crippen LogP contribution in [-0.4, -0.2) is 25.6 Å². The van der Waals surface area contributed by atoms with Crippen molar-refractivity contribution in [1.82, 2.24) is 19.6 Å². The van der Waals surface area contributed by atoms with Gasteiger partial charge >= 0.3 is 0 Å². The van der Waals surface area contributed by atoms with Gasteiger partial charge in [-0.2, -0.15) is 5.10 Å². The topological polar surface area (TPSA) is 85.5 Å². The molecule has 0 saturated carbocycles. The predicted octanol–water partition coefficient (Wildman–Crippen LogP) is 3.23. The number of nitrogens with zero attached hydrogens (tertiary/aromatic N) is 5. The Bertz CT molecular complexity index is 981. The van der Waals surface area contributed by atoms with Gasteiger partial charge in [-0.1, -0.05) is 6.07 Å². The zero-order valence-corrected chi connectivity index (χ0v) is 14.8. The lowest BCUT2D eigenvalue weighted by molar-refractivity contribution is 0.762. The maximum atomic E-state index is 7.47. The normalized spacial score (nSPS) is 12.1. The molecule has 3 heterocycles. The van der Waals surface area contributed by atoms with E-state index in [1.807, 2.05) is 45.9 Å². The summed E-state index contributed by atoms with van der Waals surface area (Å²) < 4.78 is 1.54. The van der Waals surface area contributed by atoms with Crippen molar-refractivity contribution < 1.29 is 0 Å². The Morgan fingerprint density at radius 2 is 2.04 bits per heavy atom. The SMILES string of the molecule is [C-]#[N+]c1c(N[C@H](C)Cc2cccc(C)n2)nc2c(C)c(C)nn2c1N. The van der Waals surface area contributed by atoms with Gasteiger partial charge in [0.1, 0.15) is 11.6 Å². The van der Waals surface area contributed by atoms with Crippen molar-refractivity contribution in [2.24, 2.45) is 0 Å². The molecule has 0 bridgehead atoms. The minimum absolute atomic E-state index is 0.0495. The average Bonchev–Trinajstić information content (AvgIpc) is 2.83. The van der Waals surface area contributed by atoms with E-state index in [9.17, 15) is 0 Å². The third-order valence-electron chi connectivity index (χ3n) is 4.20. The van der Waals surface area contributed by atoms with Crippen LogP contribution in [0.3, 0.4) is 0 Å². The van der Waals surface area contributed by atoms with Crippen LogP contribution < -0.4 is 11.1 Å². The van der Waals surface area contributed by atoms with Crippen LogP contribution in [0, 0.1) is 27.3 Å². The van der Waals surface area contributed by atoms with E-state index in [-0.39, 0.29) is 6.04 Å². The number of rotatable bonds is 4. The molecule has 0 amide bonds. The van der Waals surface area contributed by atoms with Gasteiger partial charge in [0.25, 0.3) is 5.69 Å². The van der Waals surface area contributed by atoms with Crippen molar-refractivity contribution in [2.75, 3.05) is 11.1 Å². The first-order chi connectivity index (χ1) is 11.9. The van der Waals surface area contributed by atoms with Crippen molar-refractivity contribution >= 4 is 23.0 Å². The fourth-order valence-electron chi connectivity index (χ4n) is 2.79. The van der Waals surface area contributed by atoms with Crippen molar-refractivity contribution in [3.63, 3.8) is 0 Å². The van der Waals surface area contributed by atoms with Crippen LogP contribution >= 0.6 is 0 Å². The molecule has 0 aromatic carbocycles. The molecule has 7 nitrogen and oxygen atoms in total. The van der Waals surface area contributed by atoms with Crippen LogP contribution in [-0.2, 0) is 6.42 Å². The van der Waals surface area contributed by atoms with Crippen LogP contribution in [0.5, 0.6) is 0 Å². The summed E-state index contributed by atoms with van der Waals surface area (Å²) >= 11 is 0. The van der Waals surface area contributed by atoms with Crippen molar-refractivity contribution in [3.8, 4) is 0 Å². The maximum Gasteiger partial charge on any atom is 0.268 e. The molecule has 3 aromatic rings. The highest BCUT2D eigenvalue weighted by Gasteiger charge is 2.18. The standard InChI is InChI=1S/C18H21N7/c1-10-7-6-8-14(21-10)9-11(2)22-17-15(20-5)16(19)25-18(23-17)12(3)13(4)24-25/h6-8,11H,9,19H2,1-4H3,(H,22,23)/t11-/m1/s1. The molecule has 0 aliphatic carbocycles. The molecule has 0 saturated heterocycles. The van der Waals surface area contributed by atoms with Gasteiger partial charge < -0.3 is 11.1 Å². The predicted molar refractivity (Wildman–Crippen MR) is 98.9 cm³/mol. The van der Waals surface area contributed by atoms with Gasteiger partial charge in [0.15, 0.2) is 5.65 Å². The smallest absolute Gasteiger partial charge is 0.268 e. The highest BCUT2D eigenvalue weighted by Crippen LogP contribution is 2.32. The highest BCUT2D eigenvalue weighted by molar-refractivity contribution is 5.80. The zero-order chi connectivity index (χ0) is 18.1. The summed E-state index contributed by atoms with van der Waals surface area (Å²) in [6, 6.07) is 6.01. The van der Waals surface area contributed by atoms with Gasteiger partial charge in [0.2, 0.25) is 0 Å². The largest absolute Gasteiger partial charge is 0.392 e. The molecule has 1 atom stereocenters. The average molecular weight is 335 g/mol. The van der Waals surface area contributed by atoms with Gasteiger partial charge in [0.05, 0.1) is 12.3 Å². The van der Waals surface area contributed by atoms with E-state index in [1.165, 1.54) is 4.52 Å². The number of aryl methyl sites for hydroxylation is 3. The first-order valence-corrected chi connectivity index (χ1v) is 8.12. The van der Waals surface area contributed by atoms with E-state index < -0.39 is 0 Å². The lowest BCUT2D eigenvalue weighted by Gasteiger charge is -2.17. The molecule has 0 fully saturated rings. The number of nitrogens with one attached hydrogen (secondary N) is 1. The molecule has 0 radical (unpaired) electrons. The third-order valence-corrected chi connectivity index (χ3v) is 4.20. The summed E-state index contributed by atoms with van der Waals surface area (Å²) in [5.41, 5.74) is 10.9. The van der Waals surface area contributed by atoms with Crippen LogP contribution in [0.2, 0.25) is 0 Å². The van der Waals surface area contributed by atoms with Crippen molar-refractivity contribution in [2.45, 2.75) is 40.2 Å². The second kappa shape index (κ2) is 6.40. The number of nitrogen functional groups attached to an aromatic ring is 1. The molecular formula is C18H21N7. The fraction of sp³-hybridized carbons (Fsp3) is 0.333. The van der Waals surface area contributed by atoms with Crippen LogP contribution in [0.15, 0.2) is 18.2 Å². The molecule has 0 aliphatic rings. The van der Waals surface area contributed by atoms with Gasteiger partial charge in [-0.25, -0.2) is 14.3 Å². The highest BCUT2D eigenvalue weighted by atomic mass is 15.3. The molecule has 7 heteroatoms. The second-order valence-corrected chi connectivity index (χ2v) is 6.27. The summed E-state index contributed by atoms with van der Waals surface area (Å²) in [4.78, 5) is 12.7. The fourth-order valence-corrected chi connectivity index (χ4v) is 2.79. The van der Waals surface area contributed by atoms with Crippen molar-refractivity contribution in [1.29, 1.82) is 0 Å². The summed E-state index contributed by atoms with van der Waals surface area (Å²) in [6.07, 6.45) is 0.725. The van der Waals surface area contributed by atoms with E-state index in [1.54, 1.807) is 0 Å². The number of nitrogens with two attached hydrogens (primary N) is 1. The van der Waals surface area contributed by atoms with Crippen LogP contribution in [0.4, 0.5) is 17.3 Å². The van der Waals surface area contributed by atoms with Gasteiger partial charge in [-0.15, -0.1) is 0 Å². The summed E-state index contributed by atoms with van der Waals surface area (Å²) in [7, 11) is 0. The van der Waals surface area contributed by atoms with E-state index in [4.69, 9.17) is 12.3 Å². The Labute approximate surface area is 146 Å². The van der Waals surface area contributed by atoms with E-state index in [0.29, 0.717) is 23.0 Å². The van der Waals surface area contributed by atoms with E-state index in [2.05, 4.69) is 25.2 Å². The van der Waals surface area contributed by atoms with E-state index in [0.717, 1.165) is 29.1 Å². The molecule has 0 unspecified atom stereocenters. The molecule has 0 spiro atoms. The second-order valence-electron chi connectivity index (χ2n) is 6.27. The Kier molecular flexibility index (Phi) is 4.28. The molecule has 0 aliphatic heterocycles. The number of hydrogen-bond donors (Lipinski definition) is 2. The molecule has 128 valence electrons. The first kappa shape index (κ1) is 16.7. The van der Waals surface area contributed by atoms with Crippen molar-refractivity contribution in [3.05, 3.63) is 52.3 Å². The molecular weight excluding hydrogens is 314 g/mol. The minimum atomic E-state index is 0.0495. The number of anilines is 2. The third kappa shape index (κ3) is 3.11. The van der Waals surface area contributed by atoms with Crippen LogP contribution in [0.25, 0.3) is 10.5 Å². The number of aromatic nitrogens is 4. The summed E-state index contributed by atoms with van der Waals surface area (Å²) in [5, 5.41) is 7.68. The maximum absolute atomic E-state index is 7.47. The Morgan fingerprint density at radius 3 is 2.72 bits per heavy atom. The molecule has 25 heavy (non-hydrogen) atoms.